The van der Waals surface area contributed by atoms with Crippen molar-refractivity contribution in [2.45, 2.75) is 57.9 Å². The van der Waals surface area contributed by atoms with Crippen molar-refractivity contribution in [3.63, 3.8) is 0 Å². The van der Waals surface area contributed by atoms with E-state index in [4.69, 9.17) is 5.73 Å². The highest BCUT2D eigenvalue weighted by atomic mass is 16.2. The van der Waals surface area contributed by atoms with E-state index in [-0.39, 0.29) is 11.6 Å². The van der Waals surface area contributed by atoms with Crippen LogP contribution in [0, 0.1) is 16.7 Å². The molecule has 5 fully saturated rings. The molecule has 1 aliphatic heterocycles. The van der Waals surface area contributed by atoms with Gasteiger partial charge >= 0.3 is 6.03 Å². The van der Waals surface area contributed by atoms with Crippen molar-refractivity contribution >= 4 is 12.0 Å². The number of anilines is 1. The van der Waals surface area contributed by atoms with Crippen molar-refractivity contribution in [3.05, 3.63) is 18.5 Å². The molecule has 0 aromatic carbocycles. The van der Waals surface area contributed by atoms with Crippen LogP contribution in [0.5, 0.6) is 0 Å². The van der Waals surface area contributed by atoms with Gasteiger partial charge in [-0.25, -0.2) is 14.8 Å². The molecule has 0 spiro atoms. The number of hydrogen-bond donors (Lipinski definition) is 3. The third-order valence-corrected chi connectivity index (χ3v) is 6.97. The Morgan fingerprint density at radius 2 is 1.71 bits per heavy atom. The zero-order valence-corrected chi connectivity index (χ0v) is 17.2. The Hall–Kier alpha value is -1.89. The lowest BCUT2D eigenvalue weighted by Crippen LogP contribution is -2.65. The lowest BCUT2D eigenvalue weighted by atomic mass is 9.43. The Morgan fingerprint density at radius 3 is 2.25 bits per heavy atom. The van der Waals surface area contributed by atoms with Gasteiger partial charge in [0.2, 0.25) is 5.95 Å². The summed E-state index contributed by atoms with van der Waals surface area (Å²) in [4.78, 5) is 21.8. The maximum atomic E-state index is 11.2. The fraction of sp³-hybridized carbons (Fsp3) is 0.762. The predicted molar refractivity (Wildman–Crippen MR) is 110 cm³/mol. The van der Waals surface area contributed by atoms with Gasteiger partial charge in [0.1, 0.15) is 0 Å². The second-order valence-electron chi connectivity index (χ2n) is 10.2. The van der Waals surface area contributed by atoms with Crippen LogP contribution in [0.15, 0.2) is 18.5 Å². The highest BCUT2D eigenvalue weighted by Gasteiger charge is 2.60. The van der Waals surface area contributed by atoms with Crippen molar-refractivity contribution in [1.82, 2.24) is 20.6 Å². The fourth-order valence-corrected chi connectivity index (χ4v) is 7.17. The highest BCUT2D eigenvalue weighted by molar-refractivity contribution is 5.72. The second kappa shape index (κ2) is 7.17. The van der Waals surface area contributed by atoms with Crippen molar-refractivity contribution < 1.29 is 4.79 Å². The van der Waals surface area contributed by atoms with Gasteiger partial charge in [0.25, 0.3) is 0 Å². The first-order valence-electron chi connectivity index (χ1n) is 10.6. The lowest BCUT2D eigenvalue weighted by Gasteiger charge is -2.65. The van der Waals surface area contributed by atoms with E-state index in [1.54, 1.807) is 12.4 Å². The molecule has 5 aliphatic rings. The SMILES string of the molecule is CC12CC3CC(C)(C1)CC(NC(N)=O)(C3)C2.c1cnc(N2CCNCC2)nc1. The van der Waals surface area contributed by atoms with Gasteiger partial charge in [-0.15, -0.1) is 0 Å². The normalized spacial score (nSPS) is 38.5. The molecule has 2 unspecified atom stereocenters. The summed E-state index contributed by atoms with van der Waals surface area (Å²) >= 11 is 0. The van der Waals surface area contributed by atoms with Crippen molar-refractivity contribution in [3.8, 4) is 0 Å². The third kappa shape index (κ3) is 4.09. The molecule has 0 radical (unpaired) electrons. The Morgan fingerprint density at radius 1 is 1.11 bits per heavy atom. The number of primary amides is 1. The summed E-state index contributed by atoms with van der Waals surface area (Å²) in [7, 11) is 0. The summed E-state index contributed by atoms with van der Waals surface area (Å²) in [5, 5.41) is 6.36. The van der Waals surface area contributed by atoms with Crippen LogP contribution in [0.25, 0.3) is 0 Å². The number of nitrogens with one attached hydrogen (secondary N) is 2. The summed E-state index contributed by atoms with van der Waals surface area (Å²) in [6.45, 7) is 8.85. The van der Waals surface area contributed by atoms with Crippen LogP contribution in [-0.4, -0.2) is 47.7 Å². The van der Waals surface area contributed by atoms with E-state index in [9.17, 15) is 4.79 Å². The molecular weight excluding hydrogens is 352 g/mol. The molecule has 4 bridgehead atoms. The van der Waals surface area contributed by atoms with Gasteiger partial charge in [0, 0.05) is 44.1 Å². The number of nitrogens with two attached hydrogens (primary N) is 1. The van der Waals surface area contributed by atoms with Gasteiger partial charge < -0.3 is 21.3 Å². The van der Waals surface area contributed by atoms with Gasteiger partial charge in [0.15, 0.2) is 0 Å². The average molecular weight is 387 g/mol. The van der Waals surface area contributed by atoms with Crippen LogP contribution in [0.3, 0.4) is 0 Å². The molecule has 4 aliphatic carbocycles. The minimum atomic E-state index is -0.339. The predicted octanol–water partition coefficient (Wildman–Crippen LogP) is 2.29. The topological polar surface area (TPSA) is 96.2 Å². The number of carbonyl (C=O) groups is 1. The molecule has 2 heterocycles. The largest absolute Gasteiger partial charge is 0.352 e. The van der Waals surface area contributed by atoms with Crippen LogP contribution in [-0.2, 0) is 0 Å². The van der Waals surface area contributed by atoms with E-state index >= 15 is 0 Å². The molecule has 1 aromatic rings. The van der Waals surface area contributed by atoms with Crippen molar-refractivity contribution in [1.29, 1.82) is 0 Å². The first kappa shape index (κ1) is 19.4. The summed E-state index contributed by atoms with van der Waals surface area (Å²) in [5.41, 5.74) is 6.25. The maximum Gasteiger partial charge on any atom is 0.312 e. The van der Waals surface area contributed by atoms with Crippen LogP contribution in [0.2, 0.25) is 0 Å². The van der Waals surface area contributed by atoms with Crippen LogP contribution >= 0.6 is 0 Å². The van der Waals surface area contributed by atoms with Gasteiger partial charge in [-0.1, -0.05) is 13.8 Å². The van der Waals surface area contributed by atoms with E-state index in [2.05, 4.69) is 39.3 Å². The Balaban J connectivity index is 0.000000143. The number of amides is 2. The molecule has 6 rings (SSSR count). The molecule has 4 N–H and O–H groups in total. The molecule has 7 heteroatoms. The number of carbonyl (C=O) groups excluding carboxylic acids is 1. The van der Waals surface area contributed by atoms with E-state index < -0.39 is 0 Å². The zero-order valence-electron chi connectivity index (χ0n) is 17.2. The Kier molecular flexibility index (Phi) is 4.98. The summed E-state index contributed by atoms with van der Waals surface area (Å²) < 4.78 is 0. The van der Waals surface area contributed by atoms with Crippen LogP contribution in [0.1, 0.15) is 52.4 Å². The highest BCUT2D eigenvalue weighted by Crippen LogP contribution is 2.66. The van der Waals surface area contributed by atoms with Gasteiger partial charge in [-0.05, 0) is 61.3 Å². The summed E-state index contributed by atoms with van der Waals surface area (Å²) in [6.07, 6.45) is 11.0. The van der Waals surface area contributed by atoms with Crippen molar-refractivity contribution in [2.75, 3.05) is 31.1 Å². The second-order valence-corrected chi connectivity index (χ2v) is 10.2. The monoisotopic (exact) mass is 386 g/mol. The quantitative estimate of drug-likeness (QED) is 0.725. The molecule has 1 aromatic heterocycles. The number of urea groups is 1. The van der Waals surface area contributed by atoms with E-state index in [0.29, 0.717) is 10.8 Å². The standard InChI is InChI=1S/C13H22N2O.C8H12N4/c1-11-3-9-4-12(2,6-11)8-13(5-9,7-11)15-10(14)16;1-2-10-8(11-3-1)12-6-4-9-5-7-12/h9H,3-8H2,1-2H3,(H3,14,15,16);1-3,9H,4-7H2. The minimum Gasteiger partial charge on any atom is -0.352 e. The molecule has 7 nitrogen and oxygen atoms in total. The summed E-state index contributed by atoms with van der Waals surface area (Å²) in [6, 6.07) is 1.50. The first-order chi connectivity index (χ1) is 13.3. The fourth-order valence-electron chi connectivity index (χ4n) is 7.17. The molecule has 2 amide bonds. The summed E-state index contributed by atoms with van der Waals surface area (Å²) in [5.74, 6) is 1.65. The average Bonchev–Trinajstić information content (AvgIpc) is 2.59. The van der Waals surface area contributed by atoms with E-state index in [0.717, 1.165) is 57.3 Å². The van der Waals surface area contributed by atoms with Gasteiger partial charge in [0.05, 0.1) is 0 Å². The Bertz CT molecular complexity index is 686. The Labute approximate surface area is 167 Å². The molecule has 154 valence electrons. The third-order valence-electron chi connectivity index (χ3n) is 6.97. The lowest BCUT2D eigenvalue weighted by molar-refractivity contribution is -0.113. The minimum absolute atomic E-state index is 0.0226. The van der Waals surface area contributed by atoms with Crippen LogP contribution in [0.4, 0.5) is 10.7 Å². The molecule has 4 saturated carbocycles. The van der Waals surface area contributed by atoms with E-state index in [1.807, 2.05) is 6.07 Å². The smallest absolute Gasteiger partial charge is 0.312 e. The molecule has 28 heavy (non-hydrogen) atoms. The van der Waals surface area contributed by atoms with Gasteiger partial charge in [-0.2, -0.15) is 0 Å². The molecule has 2 atom stereocenters. The van der Waals surface area contributed by atoms with Crippen LogP contribution < -0.4 is 21.3 Å². The maximum absolute atomic E-state index is 11.2. The number of piperazine rings is 1. The van der Waals surface area contributed by atoms with E-state index in [1.165, 1.54) is 19.3 Å². The van der Waals surface area contributed by atoms with Crippen molar-refractivity contribution in [2.24, 2.45) is 22.5 Å². The number of nitrogens with zero attached hydrogens (tertiary/aromatic N) is 3. The molecule has 1 saturated heterocycles. The van der Waals surface area contributed by atoms with Gasteiger partial charge in [-0.3, -0.25) is 0 Å². The molecular formula is C21H34N6O. The number of aromatic nitrogens is 2. The number of hydrogen-bond acceptors (Lipinski definition) is 5. The first-order valence-corrected chi connectivity index (χ1v) is 10.6. The zero-order chi connectivity index (χ0) is 19.8. The number of rotatable bonds is 2.